The maximum Gasteiger partial charge on any atom is 0.335 e. The number of ether oxygens (including phenoxy) is 4. The van der Waals surface area contributed by atoms with Crippen LogP contribution in [-0.4, -0.2) is 150 Å². The third kappa shape index (κ3) is 6.37. The van der Waals surface area contributed by atoms with E-state index in [1.807, 2.05) is 0 Å². The molecule has 2 aliphatic heterocycles. The lowest BCUT2D eigenvalue weighted by molar-refractivity contribution is -0.331. The Labute approximate surface area is 339 Å². The van der Waals surface area contributed by atoms with Crippen LogP contribution >= 0.6 is 0 Å². The SMILES string of the molecule is CC1(C)CC[C@]2(C(=O)OC3OC(CO)C(O)C(O)C3O)CC[C@]3(C)C(=CCC4[C@@]5(C)CC[C@H](OC6OC(C(=O)O)C(O)C(O)C6O)C(CO)(CO)C5CC[C@]43C)[C@@H]2C1. The van der Waals surface area contributed by atoms with Crippen LogP contribution in [0.1, 0.15) is 98.8 Å². The lowest BCUT2D eigenvalue weighted by Crippen LogP contribution is -2.68. The number of esters is 1. The van der Waals surface area contributed by atoms with E-state index < -0.39 is 116 Å². The smallest absolute Gasteiger partial charge is 0.335 e. The molecule has 2 heterocycles. The van der Waals surface area contributed by atoms with E-state index in [1.54, 1.807) is 0 Å². The van der Waals surface area contributed by atoms with Crippen molar-refractivity contribution in [1.29, 1.82) is 0 Å². The van der Waals surface area contributed by atoms with Gasteiger partial charge in [-0.2, -0.15) is 0 Å². The number of allylic oxidation sites excluding steroid dienone is 2. The van der Waals surface area contributed by atoms with Gasteiger partial charge in [-0.25, -0.2) is 4.79 Å². The van der Waals surface area contributed by atoms with Crippen molar-refractivity contribution < 1.29 is 79.6 Å². The molecular formula is C42H66O16. The Balaban J connectivity index is 1.19. The van der Waals surface area contributed by atoms with Crippen molar-refractivity contribution in [2.24, 2.45) is 50.2 Å². The van der Waals surface area contributed by atoms with Crippen LogP contribution in [0.3, 0.4) is 0 Å². The lowest BCUT2D eigenvalue weighted by atomic mass is 9.33. The number of hydrogen-bond acceptors (Lipinski definition) is 15. The molecule has 6 fully saturated rings. The molecule has 16 nitrogen and oxygen atoms in total. The van der Waals surface area contributed by atoms with Crippen LogP contribution in [0.2, 0.25) is 0 Å². The number of aliphatic hydroxyl groups excluding tert-OH is 9. The Kier molecular flexibility index (Phi) is 11.6. The second kappa shape index (κ2) is 15.2. The topological polar surface area (TPSA) is 273 Å². The minimum Gasteiger partial charge on any atom is -0.479 e. The number of rotatable bonds is 8. The molecular weight excluding hydrogens is 760 g/mol. The van der Waals surface area contributed by atoms with Crippen LogP contribution in [0.15, 0.2) is 11.6 Å². The zero-order valence-corrected chi connectivity index (χ0v) is 34.3. The van der Waals surface area contributed by atoms with Crippen LogP contribution < -0.4 is 0 Å². The number of aliphatic carboxylic acids is 1. The van der Waals surface area contributed by atoms with Crippen LogP contribution in [0, 0.1) is 50.2 Å². The van der Waals surface area contributed by atoms with Gasteiger partial charge in [0.2, 0.25) is 6.29 Å². The average molecular weight is 827 g/mol. The lowest BCUT2D eigenvalue weighted by Gasteiger charge is -2.71. The number of carboxylic acid groups (broad SMARTS) is 1. The van der Waals surface area contributed by atoms with Crippen molar-refractivity contribution in [3.8, 4) is 0 Å². The molecule has 330 valence electrons. The van der Waals surface area contributed by atoms with E-state index in [9.17, 15) is 60.7 Å². The second-order valence-corrected chi connectivity index (χ2v) is 20.4. The van der Waals surface area contributed by atoms with E-state index >= 15 is 0 Å². The number of aliphatic hydroxyl groups is 9. The first-order valence-electron chi connectivity index (χ1n) is 21.1. The number of hydrogen-bond donors (Lipinski definition) is 10. The average Bonchev–Trinajstić information content (AvgIpc) is 3.18. The monoisotopic (exact) mass is 826 g/mol. The van der Waals surface area contributed by atoms with Gasteiger partial charge in [-0.15, -0.1) is 0 Å². The second-order valence-electron chi connectivity index (χ2n) is 20.4. The highest BCUT2D eigenvalue weighted by Crippen LogP contribution is 2.76. The van der Waals surface area contributed by atoms with Crippen molar-refractivity contribution in [1.82, 2.24) is 0 Å². The summed E-state index contributed by atoms with van der Waals surface area (Å²) in [5.74, 6) is -2.44. The minimum absolute atomic E-state index is 0.0842. The summed E-state index contributed by atoms with van der Waals surface area (Å²) in [6, 6.07) is 0. The van der Waals surface area contributed by atoms with Gasteiger partial charge in [0.05, 0.1) is 31.3 Å². The molecule has 7 aliphatic rings. The van der Waals surface area contributed by atoms with E-state index in [0.717, 1.165) is 19.3 Å². The molecule has 0 radical (unpaired) electrons. The number of carbonyl (C=O) groups excluding carboxylic acids is 1. The van der Waals surface area contributed by atoms with Crippen molar-refractivity contribution in [3.63, 3.8) is 0 Å². The molecule has 10 N–H and O–H groups in total. The highest BCUT2D eigenvalue weighted by atomic mass is 16.7. The molecule has 5 aliphatic carbocycles. The minimum atomic E-state index is -1.89. The van der Waals surface area contributed by atoms with Gasteiger partial charge in [0.25, 0.3) is 0 Å². The molecule has 0 aromatic carbocycles. The predicted molar refractivity (Wildman–Crippen MR) is 201 cm³/mol. The summed E-state index contributed by atoms with van der Waals surface area (Å²) in [4.78, 5) is 26.4. The Morgan fingerprint density at radius 3 is 2.02 bits per heavy atom. The standard InChI is InChI=1S/C42H66O16/c1-37(2)12-14-41(36(54)58-34-30(50)27(47)26(46)22(17-43)55-34)15-13-39(4)20(21(41)16-37)6-7-23-38(3)10-9-25(42(18-44,19-45)24(38)8-11-40(23,39)5)56-35-31(51)28(48)29(49)32(57-35)33(52)53/h6,21-32,34-35,43-51H,7-19H2,1-5H3,(H,52,53)/t21-,22?,23?,24?,25-,26?,27?,28?,29?,30?,31?,32?,34?,35?,38+,39+,40+,41-/m0/s1. The third-order valence-corrected chi connectivity index (χ3v) is 17.4. The molecule has 2 saturated heterocycles. The van der Waals surface area contributed by atoms with Crippen LogP contribution in [0.5, 0.6) is 0 Å². The summed E-state index contributed by atoms with van der Waals surface area (Å²) >= 11 is 0. The Hall–Kier alpha value is -1.80. The quantitative estimate of drug-likeness (QED) is 0.0899. The summed E-state index contributed by atoms with van der Waals surface area (Å²) in [5, 5.41) is 105. The van der Waals surface area contributed by atoms with Gasteiger partial charge < -0.3 is 70.0 Å². The fourth-order valence-corrected chi connectivity index (χ4v) is 13.6. The summed E-state index contributed by atoms with van der Waals surface area (Å²) in [6.45, 7) is 9.73. The molecule has 0 aromatic rings. The first-order valence-corrected chi connectivity index (χ1v) is 21.1. The van der Waals surface area contributed by atoms with Crippen LogP contribution in [0.25, 0.3) is 0 Å². The molecule has 16 heteroatoms. The van der Waals surface area contributed by atoms with Crippen LogP contribution in [-0.2, 0) is 28.5 Å². The first-order chi connectivity index (χ1) is 27.1. The molecule has 58 heavy (non-hydrogen) atoms. The number of carbonyl (C=O) groups is 2. The zero-order chi connectivity index (χ0) is 42.5. The first kappa shape index (κ1) is 44.3. The molecule has 18 atom stereocenters. The highest BCUT2D eigenvalue weighted by Gasteiger charge is 2.71. The van der Waals surface area contributed by atoms with Crippen molar-refractivity contribution in [2.45, 2.75) is 166 Å². The fourth-order valence-electron chi connectivity index (χ4n) is 13.6. The van der Waals surface area contributed by atoms with Crippen LogP contribution in [0.4, 0.5) is 0 Å². The zero-order valence-electron chi connectivity index (χ0n) is 34.3. The van der Waals surface area contributed by atoms with E-state index in [1.165, 1.54) is 5.57 Å². The molecule has 0 amide bonds. The van der Waals surface area contributed by atoms with Gasteiger partial charge in [0, 0.05) is 5.41 Å². The number of carboxylic acids is 1. The fraction of sp³-hybridized carbons (Fsp3) is 0.905. The number of fused-ring (bicyclic) bond motifs is 7. The summed E-state index contributed by atoms with van der Waals surface area (Å²) in [7, 11) is 0. The van der Waals surface area contributed by atoms with Gasteiger partial charge in [-0.1, -0.05) is 46.3 Å². The van der Waals surface area contributed by atoms with Crippen molar-refractivity contribution in [3.05, 3.63) is 11.6 Å². The third-order valence-electron chi connectivity index (χ3n) is 17.4. The molecule has 7 rings (SSSR count). The maximum absolute atomic E-state index is 14.6. The Morgan fingerprint density at radius 1 is 0.741 bits per heavy atom. The molecule has 0 bridgehead atoms. The molecule has 0 spiro atoms. The normalized spacial score (nSPS) is 50.9. The van der Waals surface area contributed by atoms with Gasteiger partial charge in [0.1, 0.15) is 42.7 Å². The van der Waals surface area contributed by atoms with Gasteiger partial charge in [-0.3, -0.25) is 4.79 Å². The van der Waals surface area contributed by atoms with Gasteiger partial charge in [-0.05, 0) is 104 Å². The molecule has 12 unspecified atom stereocenters. The van der Waals surface area contributed by atoms with E-state index in [2.05, 4.69) is 40.7 Å². The predicted octanol–water partition coefficient (Wildman–Crippen LogP) is 0.353. The van der Waals surface area contributed by atoms with Gasteiger partial charge >= 0.3 is 11.9 Å². The summed E-state index contributed by atoms with van der Waals surface area (Å²) in [5.41, 5.74) is -2.08. The molecule has 0 aromatic heterocycles. The maximum atomic E-state index is 14.6. The van der Waals surface area contributed by atoms with E-state index in [0.29, 0.717) is 44.9 Å². The summed E-state index contributed by atoms with van der Waals surface area (Å²) < 4.78 is 23.3. The Bertz CT molecular complexity index is 1600. The van der Waals surface area contributed by atoms with E-state index in [4.69, 9.17) is 18.9 Å². The van der Waals surface area contributed by atoms with E-state index in [-0.39, 0.29) is 34.0 Å². The largest absolute Gasteiger partial charge is 0.479 e. The van der Waals surface area contributed by atoms with Crippen molar-refractivity contribution >= 4 is 11.9 Å². The van der Waals surface area contributed by atoms with Gasteiger partial charge in [0.15, 0.2) is 12.4 Å². The molecule has 4 saturated carbocycles. The highest BCUT2D eigenvalue weighted by molar-refractivity contribution is 5.79. The van der Waals surface area contributed by atoms with Crippen molar-refractivity contribution in [2.75, 3.05) is 19.8 Å². The Morgan fingerprint density at radius 2 is 1.38 bits per heavy atom. The summed E-state index contributed by atoms with van der Waals surface area (Å²) in [6.07, 6.45) is -9.13.